The molecule has 1 N–H and O–H groups in total. The lowest BCUT2D eigenvalue weighted by Gasteiger charge is -2.16. The number of amides is 1. The van der Waals surface area contributed by atoms with Crippen molar-refractivity contribution in [3.05, 3.63) is 64.7 Å². The molecule has 124 valence electrons. The molecule has 2 aromatic carbocycles. The Labute approximate surface area is 145 Å². The molecule has 1 amide bonds. The number of aryl methyl sites for hydroxylation is 2. The van der Waals surface area contributed by atoms with Gasteiger partial charge in [-0.1, -0.05) is 35.9 Å². The van der Waals surface area contributed by atoms with Gasteiger partial charge in [0.1, 0.15) is 0 Å². The number of aliphatic carboxylic acids is 1. The monoisotopic (exact) mass is 343 g/mol. The van der Waals surface area contributed by atoms with E-state index in [1.165, 1.54) is 11.1 Å². The predicted octanol–water partition coefficient (Wildman–Crippen LogP) is 3.56. The largest absolute Gasteiger partial charge is 0.481 e. The molecule has 1 fully saturated rings. The van der Waals surface area contributed by atoms with Crippen LogP contribution in [0.25, 0.3) is 0 Å². The number of halogens is 1. The van der Waals surface area contributed by atoms with Crippen LogP contribution in [0, 0.1) is 5.92 Å². The fourth-order valence-corrected chi connectivity index (χ4v) is 3.16. The number of carboxylic acid groups (broad SMARTS) is 1. The van der Waals surface area contributed by atoms with Crippen molar-refractivity contribution in [3.8, 4) is 0 Å². The van der Waals surface area contributed by atoms with Gasteiger partial charge >= 0.3 is 5.97 Å². The van der Waals surface area contributed by atoms with E-state index in [0.717, 1.165) is 23.6 Å². The molecule has 3 rings (SSSR count). The van der Waals surface area contributed by atoms with E-state index in [1.807, 2.05) is 42.5 Å². The Kier molecular flexibility index (Phi) is 4.86. The van der Waals surface area contributed by atoms with Crippen molar-refractivity contribution in [2.75, 3.05) is 11.4 Å². The zero-order valence-corrected chi connectivity index (χ0v) is 13.9. The second kappa shape index (κ2) is 7.05. The van der Waals surface area contributed by atoms with E-state index in [0.29, 0.717) is 0 Å². The minimum absolute atomic E-state index is 0.0752. The topological polar surface area (TPSA) is 57.6 Å². The molecule has 0 unspecified atom stereocenters. The maximum Gasteiger partial charge on any atom is 0.308 e. The third-order valence-electron chi connectivity index (χ3n) is 4.31. The molecule has 0 saturated carbocycles. The summed E-state index contributed by atoms with van der Waals surface area (Å²) in [6, 6.07) is 15.6. The van der Waals surface area contributed by atoms with Crippen LogP contribution in [-0.2, 0) is 22.4 Å². The normalized spacial score (nSPS) is 17.3. The van der Waals surface area contributed by atoms with Crippen LogP contribution in [-0.4, -0.2) is 23.5 Å². The van der Waals surface area contributed by atoms with E-state index in [2.05, 4.69) is 6.07 Å². The molecule has 0 bridgehead atoms. The summed E-state index contributed by atoms with van der Waals surface area (Å²) in [5.74, 6) is -1.65. The lowest BCUT2D eigenvalue weighted by atomic mass is 10.0. The van der Waals surface area contributed by atoms with Crippen LogP contribution in [0.5, 0.6) is 0 Å². The van der Waals surface area contributed by atoms with Crippen LogP contribution in [0.15, 0.2) is 48.5 Å². The van der Waals surface area contributed by atoms with Crippen LogP contribution >= 0.6 is 11.6 Å². The first-order chi connectivity index (χ1) is 11.5. The van der Waals surface area contributed by atoms with Gasteiger partial charge < -0.3 is 10.0 Å². The van der Waals surface area contributed by atoms with Gasteiger partial charge in [0.05, 0.1) is 5.92 Å². The number of carboxylic acids is 1. The zero-order valence-electron chi connectivity index (χ0n) is 13.1. The van der Waals surface area contributed by atoms with Gasteiger partial charge in [-0.15, -0.1) is 0 Å². The van der Waals surface area contributed by atoms with E-state index >= 15 is 0 Å². The van der Waals surface area contributed by atoms with E-state index in [9.17, 15) is 9.59 Å². The van der Waals surface area contributed by atoms with Crippen molar-refractivity contribution in [2.24, 2.45) is 5.92 Å². The van der Waals surface area contributed by atoms with Gasteiger partial charge in [-0.05, 0) is 48.2 Å². The molecule has 1 atom stereocenters. The Morgan fingerprint density at radius 2 is 1.83 bits per heavy atom. The fourth-order valence-electron chi connectivity index (χ4n) is 2.95. The number of rotatable bonds is 5. The summed E-state index contributed by atoms with van der Waals surface area (Å²) in [4.78, 5) is 24.6. The summed E-state index contributed by atoms with van der Waals surface area (Å²) in [6.45, 7) is 0.246. The highest BCUT2D eigenvalue weighted by molar-refractivity contribution is 6.30. The second-order valence-electron chi connectivity index (χ2n) is 6.04. The number of carbonyl (C=O) groups excluding carboxylic acids is 1. The second-order valence-corrected chi connectivity index (χ2v) is 6.48. The molecule has 2 aromatic rings. The average molecular weight is 344 g/mol. The molecule has 4 nitrogen and oxygen atoms in total. The molecule has 1 heterocycles. The van der Waals surface area contributed by atoms with Gasteiger partial charge in [0.25, 0.3) is 0 Å². The van der Waals surface area contributed by atoms with Crippen molar-refractivity contribution in [1.29, 1.82) is 0 Å². The standard InChI is InChI=1S/C19H18ClNO3/c20-16-3-1-2-14(10-16)5-4-13-6-8-17(9-7-13)21-12-15(19(23)24)11-18(21)22/h1-3,6-10,15H,4-5,11-12H2,(H,23,24)/t15-/m0/s1. The lowest BCUT2D eigenvalue weighted by Crippen LogP contribution is -2.25. The smallest absolute Gasteiger partial charge is 0.308 e. The lowest BCUT2D eigenvalue weighted by molar-refractivity contribution is -0.141. The maximum atomic E-state index is 12.0. The van der Waals surface area contributed by atoms with Gasteiger partial charge in [0, 0.05) is 23.7 Å². The summed E-state index contributed by atoms with van der Waals surface area (Å²) in [7, 11) is 0. The molecule has 0 aliphatic carbocycles. The third-order valence-corrected chi connectivity index (χ3v) is 4.55. The molecule has 24 heavy (non-hydrogen) atoms. The van der Waals surface area contributed by atoms with Crippen molar-refractivity contribution in [3.63, 3.8) is 0 Å². The van der Waals surface area contributed by atoms with Crippen molar-refractivity contribution in [1.82, 2.24) is 0 Å². The minimum Gasteiger partial charge on any atom is -0.481 e. The van der Waals surface area contributed by atoms with Gasteiger partial charge in [0.15, 0.2) is 0 Å². The first-order valence-electron chi connectivity index (χ1n) is 7.89. The summed E-state index contributed by atoms with van der Waals surface area (Å²) in [5.41, 5.74) is 3.11. The Morgan fingerprint density at radius 1 is 1.12 bits per heavy atom. The molecular weight excluding hydrogens is 326 g/mol. The molecule has 1 aliphatic rings. The number of hydrogen-bond acceptors (Lipinski definition) is 2. The summed E-state index contributed by atoms with van der Waals surface area (Å²) < 4.78 is 0. The quantitative estimate of drug-likeness (QED) is 0.903. The SMILES string of the molecule is O=C(O)[C@H]1CC(=O)N(c2ccc(CCc3cccc(Cl)c3)cc2)C1. The third kappa shape index (κ3) is 3.77. The zero-order chi connectivity index (χ0) is 17.1. The number of anilines is 1. The van der Waals surface area contributed by atoms with Crippen LogP contribution in [0.3, 0.4) is 0 Å². The van der Waals surface area contributed by atoms with Gasteiger partial charge in [-0.2, -0.15) is 0 Å². The molecule has 0 radical (unpaired) electrons. The molecular formula is C19H18ClNO3. The number of carbonyl (C=O) groups is 2. The van der Waals surface area contributed by atoms with Gasteiger partial charge in [-0.3, -0.25) is 9.59 Å². The molecule has 5 heteroatoms. The fraction of sp³-hybridized carbons (Fsp3) is 0.263. The molecule has 1 aliphatic heterocycles. The van der Waals surface area contributed by atoms with Crippen LogP contribution in [0.4, 0.5) is 5.69 Å². The first-order valence-corrected chi connectivity index (χ1v) is 8.27. The molecule has 0 spiro atoms. The van der Waals surface area contributed by atoms with E-state index in [-0.39, 0.29) is 18.9 Å². The molecule has 1 saturated heterocycles. The Morgan fingerprint density at radius 3 is 2.46 bits per heavy atom. The maximum absolute atomic E-state index is 12.0. The molecule has 0 aromatic heterocycles. The van der Waals surface area contributed by atoms with E-state index in [4.69, 9.17) is 16.7 Å². The first kappa shape index (κ1) is 16.5. The van der Waals surface area contributed by atoms with E-state index in [1.54, 1.807) is 4.90 Å². The number of benzene rings is 2. The number of nitrogens with zero attached hydrogens (tertiary/aromatic N) is 1. The van der Waals surface area contributed by atoms with Gasteiger partial charge in [0.2, 0.25) is 5.91 Å². The highest BCUT2D eigenvalue weighted by Gasteiger charge is 2.34. The van der Waals surface area contributed by atoms with Gasteiger partial charge in [-0.25, -0.2) is 0 Å². The minimum atomic E-state index is -0.913. The summed E-state index contributed by atoms with van der Waals surface area (Å²) in [5, 5.41) is 9.79. The van der Waals surface area contributed by atoms with Crippen molar-refractivity contribution < 1.29 is 14.7 Å². The highest BCUT2D eigenvalue weighted by atomic mass is 35.5. The average Bonchev–Trinajstić information content (AvgIpc) is 2.96. The Bertz CT molecular complexity index is 757. The van der Waals surface area contributed by atoms with E-state index < -0.39 is 11.9 Å². The van der Waals surface area contributed by atoms with Crippen molar-refractivity contribution >= 4 is 29.2 Å². The van der Waals surface area contributed by atoms with Crippen LogP contribution in [0.2, 0.25) is 5.02 Å². The summed E-state index contributed by atoms with van der Waals surface area (Å²) >= 11 is 5.99. The van der Waals surface area contributed by atoms with Crippen LogP contribution in [0.1, 0.15) is 17.5 Å². The highest BCUT2D eigenvalue weighted by Crippen LogP contribution is 2.25. The van der Waals surface area contributed by atoms with Crippen molar-refractivity contribution in [2.45, 2.75) is 19.3 Å². The Balaban J connectivity index is 1.63. The summed E-state index contributed by atoms with van der Waals surface area (Å²) in [6.07, 6.45) is 1.85. The Hall–Kier alpha value is -2.33. The predicted molar refractivity (Wildman–Crippen MR) is 93.4 cm³/mol. The van der Waals surface area contributed by atoms with Crippen LogP contribution < -0.4 is 4.90 Å². The number of hydrogen-bond donors (Lipinski definition) is 1.